The fraction of sp³-hybridized carbons (Fsp3) is 0.292. The summed E-state index contributed by atoms with van der Waals surface area (Å²) in [4.78, 5) is 13.0. The molecule has 0 aliphatic carbocycles. The molecular formula is C24H26N6O2. The van der Waals surface area contributed by atoms with Gasteiger partial charge in [-0.1, -0.05) is 44.5 Å². The molecule has 0 fully saturated rings. The minimum absolute atomic E-state index is 0.257. The van der Waals surface area contributed by atoms with Gasteiger partial charge in [0.25, 0.3) is 11.3 Å². The molecule has 0 aliphatic heterocycles. The third-order valence-corrected chi connectivity index (χ3v) is 5.11. The maximum absolute atomic E-state index is 13.0. The van der Waals surface area contributed by atoms with Gasteiger partial charge in [0, 0.05) is 5.41 Å². The van der Waals surface area contributed by atoms with Gasteiger partial charge in [0.2, 0.25) is 0 Å². The van der Waals surface area contributed by atoms with Crippen LogP contribution in [0.5, 0.6) is 5.75 Å². The lowest BCUT2D eigenvalue weighted by molar-refractivity contribution is 0.305. The summed E-state index contributed by atoms with van der Waals surface area (Å²) in [5, 5.41) is 16.6. The number of hydrogen-bond acceptors (Lipinski definition) is 6. The van der Waals surface area contributed by atoms with Crippen molar-refractivity contribution >= 4 is 12.0 Å². The molecule has 0 saturated heterocycles. The summed E-state index contributed by atoms with van der Waals surface area (Å²) < 4.78 is 8.61. The second-order valence-corrected chi connectivity index (χ2v) is 8.82. The van der Waals surface area contributed by atoms with Crippen LogP contribution in [0.4, 0.5) is 0 Å². The fourth-order valence-corrected chi connectivity index (χ4v) is 3.29. The number of aryl methyl sites for hydroxylation is 2. The molecule has 32 heavy (non-hydrogen) atoms. The molecule has 0 bridgehead atoms. The standard InChI is InChI=1S/C24H26N6O2/c1-16-6-9-19(17(2)12-16)14-32-20-10-7-18(8-11-20)13-26-30-22(31)21(24(3,4)5)28-29-15-25-27-23(29)30/h6-13,15H,14H2,1-5H3. The van der Waals surface area contributed by atoms with Crippen molar-refractivity contribution in [1.82, 2.24) is 24.5 Å². The molecule has 0 aliphatic rings. The van der Waals surface area contributed by atoms with Gasteiger partial charge in [0.05, 0.1) is 6.21 Å². The van der Waals surface area contributed by atoms with Gasteiger partial charge in [-0.25, -0.2) is 0 Å². The Kier molecular flexibility index (Phi) is 5.61. The molecule has 4 aromatic rings. The largest absolute Gasteiger partial charge is 0.489 e. The summed E-state index contributed by atoms with van der Waals surface area (Å²) in [5.74, 6) is 1.02. The highest BCUT2D eigenvalue weighted by atomic mass is 16.5. The van der Waals surface area contributed by atoms with Crippen molar-refractivity contribution in [3.8, 4) is 5.75 Å². The number of hydrogen-bond donors (Lipinski definition) is 0. The zero-order chi connectivity index (χ0) is 22.9. The van der Waals surface area contributed by atoms with E-state index in [1.165, 1.54) is 26.6 Å². The van der Waals surface area contributed by atoms with Gasteiger partial charge in [0.15, 0.2) is 0 Å². The molecule has 0 atom stereocenters. The van der Waals surface area contributed by atoms with Crippen molar-refractivity contribution < 1.29 is 4.74 Å². The molecule has 0 spiro atoms. The summed E-state index contributed by atoms with van der Waals surface area (Å²) in [6.45, 7) is 10.5. The van der Waals surface area contributed by atoms with E-state index in [0.29, 0.717) is 12.3 Å². The lowest BCUT2D eigenvalue weighted by atomic mass is 9.93. The van der Waals surface area contributed by atoms with E-state index in [4.69, 9.17) is 4.74 Å². The second kappa shape index (κ2) is 8.37. The van der Waals surface area contributed by atoms with Gasteiger partial charge in [0.1, 0.15) is 24.4 Å². The summed E-state index contributed by atoms with van der Waals surface area (Å²) in [5.41, 5.74) is 4.06. The Hall–Kier alpha value is -3.81. The monoisotopic (exact) mass is 430 g/mol. The van der Waals surface area contributed by atoms with Gasteiger partial charge in [-0.15, -0.1) is 10.2 Å². The van der Waals surface area contributed by atoms with E-state index >= 15 is 0 Å². The predicted octanol–water partition coefficient (Wildman–Crippen LogP) is 3.66. The number of aromatic nitrogens is 5. The molecule has 2 aromatic heterocycles. The van der Waals surface area contributed by atoms with Crippen molar-refractivity contribution in [3.05, 3.63) is 87.1 Å². The SMILES string of the molecule is Cc1ccc(COc2ccc(C=Nn3c(=O)c(C(C)(C)C)nn4cnnc34)cc2)c(C)c1. The molecule has 0 amide bonds. The maximum atomic E-state index is 13.0. The Balaban J connectivity index is 1.54. The normalized spacial score (nSPS) is 12.0. The van der Waals surface area contributed by atoms with Crippen LogP contribution in [0.2, 0.25) is 0 Å². The van der Waals surface area contributed by atoms with Crippen LogP contribution in [0.25, 0.3) is 5.78 Å². The van der Waals surface area contributed by atoms with Crippen molar-refractivity contribution in [1.29, 1.82) is 0 Å². The first-order valence-electron chi connectivity index (χ1n) is 10.4. The number of fused-ring (bicyclic) bond motifs is 1. The van der Waals surface area contributed by atoms with Gasteiger partial charge in [-0.3, -0.25) is 4.79 Å². The highest BCUT2D eigenvalue weighted by molar-refractivity contribution is 5.79. The first-order valence-corrected chi connectivity index (χ1v) is 10.4. The van der Waals surface area contributed by atoms with Crippen LogP contribution in [-0.4, -0.2) is 30.7 Å². The van der Waals surface area contributed by atoms with Gasteiger partial charge >= 0.3 is 0 Å². The Morgan fingerprint density at radius 1 is 1.09 bits per heavy atom. The Morgan fingerprint density at radius 3 is 2.53 bits per heavy atom. The highest BCUT2D eigenvalue weighted by Crippen LogP contribution is 2.18. The topological polar surface area (TPSA) is 86.7 Å². The van der Waals surface area contributed by atoms with Crippen LogP contribution in [0.3, 0.4) is 0 Å². The molecule has 0 N–H and O–H groups in total. The van der Waals surface area contributed by atoms with Crippen LogP contribution >= 0.6 is 0 Å². The lowest BCUT2D eigenvalue weighted by Crippen LogP contribution is -2.33. The Morgan fingerprint density at radius 2 is 1.84 bits per heavy atom. The summed E-state index contributed by atoms with van der Waals surface area (Å²) in [6, 6.07) is 13.9. The van der Waals surface area contributed by atoms with Gasteiger partial charge in [-0.05, 0) is 54.8 Å². The minimum atomic E-state index is -0.443. The van der Waals surface area contributed by atoms with Crippen LogP contribution in [0, 0.1) is 13.8 Å². The average molecular weight is 431 g/mol. The van der Waals surface area contributed by atoms with E-state index in [1.54, 1.807) is 6.21 Å². The first-order chi connectivity index (χ1) is 15.2. The van der Waals surface area contributed by atoms with Crippen molar-refractivity contribution in [2.45, 2.75) is 46.6 Å². The van der Waals surface area contributed by atoms with E-state index in [-0.39, 0.29) is 11.3 Å². The summed E-state index contributed by atoms with van der Waals surface area (Å²) in [6.07, 6.45) is 3.06. The lowest BCUT2D eigenvalue weighted by Gasteiger charge is -2.16. The van der Waals surface area contributed by atoms with Crippen LogP contribution in [0.1, 0.15) is 48.7 Å². The number of nitrogens with zero attached hydrogens (tertiary/aromatic N) is 6. The van der Waals surface area contributed by atoms with Crippen molar-refractivity contribution in [2.75, 3.05) is 0 Å². The van der Waals surface area contributed by atoms with E-state index in [9.17, 15) is 4.79 Å². The zero-order valence-corrected chi connectivity index (χ0v) is 18.9. The minimum Gasteiger partial charge on any atom is -0.489 e. The number of benzene rings is 2. The number of ether oxygens (including phenoxy) is 1. The highest BCUT2D eigenvalue weighted by Gasteiger charge is 2.23. The maximum Gasteiger partial charge on any atom is 0.298 e. The smallest absolute Gasteiger partial charge is 0.298 e. The Labute approximate surface area is 186 Å². The Bertz CT molecular complexity index is 1340. The van der Waals surface area contributed by atoms with Crippen LogP contribution in [-0.2, 0) is 12.0 Å². The molecule has 4 rings (SSSR count). The van der Waals surface area contributed by atoms with Crippen molar-refractivity contribution in [3.63, 3.8) is 0 Å². The zero-order valence-electron chi connectivity index (χ0n) is 18.9. The molecule has 0 unspecified atom stereocenters. The van der Waals surface area contributed by atoms with E-state index in [0.717, 1.165) is 16.9 Å². The molecule has 8 heteroatoms. The molecule has 2 aromatic carbocycles. The fourth-order valence-electron chi connectivity index (χ4n) is 3.29. The van der Waals surface area contributed by atoms with Crippen LogP contribution < -0.4 is 10.3 Å². The predicted molar refractivity (Wildman–Crippen MR) is 123 cm³/mol. The molecule has 164 valence electrons. The van der Waals surface area contributed by atoms with Crippen molar-refractivity contribution in [2.24, 2.45) is 5.10 Å². The second-order valence-electron chi connectivity index (χ2n) is 8.82. The van der Waals surface area contributed by atoms with E-state index in [2.05, 4.69) is 52.4 Å². The molecule has 8 nitrogen and oxygen atoms in total. The first kappa shape index (κ1) is 21.4. The summed E-state index contributed by atoms with van der Waals surface area (Å²) in [7, 11) is 0. The average Bonchev–Trinajstić information content (AvgIpc) is 3.21. The quantitative estimate of drug-likeness (QED) is 0.451. The molecule has 2 heterocycles. The molecular weight excluding hydrogens is 404 g/mol. The molecule has 0 saturated carbocycles. The van der Waals surface area contributed by atoms with E-state index in [1.807, 2.05) is 45.0 Å². The molecule has 0 radical (unpaired) electrons. The summed E-state index contributed by atoms with van der Waals surface area (Å²) >= 11 is 0. The number of rotatable bonds is 5. The van der Waals surface area contributed by atoms with Gasteiger partial charge in [-0.2, -0.15) is 19.4 Å². The van der Waals surface area contributed by atoms with E-state index < -0.39 is 5.41 Å². The van der Waals surface area contributed by atoms with Gasteiger partial charge < -0.3 is 4.74 Å². The third kappa shape index (κ3) is 4.44. The van der Waals surface area contributed by atoms with Crippen LogP contribution in [0.15, 0.2) is 58.7 Å². The third-order valence-electron chi connectivity index (χ3n) is 5.11.